The van der Waals surface area contributed by atoms with Crippen LogP contribution in [0.5, 0.6) is 0 Å². The minimum atomic E-state index is -3.58. The third-order valence-corrected chi connectivity index (χ3v) is 6.27. The second-order valence-corrected chi connectivity index (χ2v) is 9.00. The van der Waals surface area contributed by atoms with Crippen LogP contribution >= 0.6 is 15.9 Å². The van der Waals surface area contributed by atoms with Gasteiger partial charge < -0.3 is 10.1 Å². The topological polar surface area (TPSA) is 84.5 Å². The molecule has 1 heterocycles. The molecule has 1 saturated heterocycles. The zero-order chi connectivity index (χ0) is 19.3. The van der Waals surface area contributed by atoms with Crippen molar-refractivity contribution in [3.05, 3.63) is 64.1 Å². The Kier molecular flexibility index (Phi) is 6.64. The molecular formula is C19H21BrN2O4S. The van der Waals surface area contributed by atoms with Crippen molar-refractivity contribution in [1.82, 2.24) is 10.0 Å². The first kappa shape index (κ1) is 20.0. The standard InChI is InChI=1S/C19H21BrN2O4S/c20-16-7-9-18(10-8-16)27(24,25)22-12-14-3-5-15(6-4-14)19(23)21-13-17-2-1-11-26-17/h3-10,17,22H,1-2,11-13H2,(H,21,23). The minimum absolute atomic E-state index is 0.0984. The first-order chi connectivity index (χ1) is 12.9. The third-order valence-electron chi connectivity index (χ3n) is 4.32. The average molecular weight is 453 g/mol. The maximum atomic E-state index is 12.3. The highest BCUT2D eigenvalue weighted by atomic mass is 79.9. The first-order valence-electron chi connectivity index (χ1n) is 8.68. The first-order valence-corrected chi connectivity index (χ1v) is 11.0. The number of ether oxygens (including phenoxy) is 1. The molecule has 2 aromatic carbocycles. The number of hydrogen-bond acceptors (Lipinski definition) is 4. The van der Waals surface area contributed by atoms with E-state index in [1.807, 2.05) is 0 Å². The third kappa shape index (κ3) is 5.62. The van der Waals surface area contributed by atoms with Gasteiger partial charge in [0.15, 0.2) is 0 Å². The van der Waals surface area contributed by atoms with Gasteiger partial charge in [0.05, 0.1) is 11.0 Å². The summed E-state index contributed by atoms with van der Waals surface area (Å²) in [5.41, 5.74) is 1.30. The lowest BCUT2D eigenvalue weighted by Gasteiger charge is -2.11. The molecule has 2 N–H and O–H groups in total. The van der Waals surface area contributed by atoms with E-state index in [0.717, 1.165) is 29.5 Å². The van der Waals surface area contributed by atoms with Gasteiger partial charge in [0.2, 0.25) is 10.0 Å². The molecule has 2 aromatic rings. The summed E-state index contributed by atoms with van der Waals surface area (Å²) in [5, 5.41) is 2.86. The van der Waals surface area contributed by atoms with Crippen molar-refractivity contribution < 1.29 is 17.9 Å². The number of nitrogens with one attached hydrogen (secondary N) is 2. The quantitative estimate of drug-likeness (QED) is 0.676. The summed E-state index contributed by atoms with van der Waals surface area (Å²) in [5.74, 6) is -0.160. The van der Waals surface area contributed by atoms with Crippen molar-refractivity contribution in [2.24, 2.45) is 0 Å². The van der Waals surface area contributed by atoms with E-state index in [2.05, 4.69) is 26.0 Å². The van der Waals surface area contributed by atoms with Gasteiger partial charge in [-0.05, 0) is 54.8 Å². The summed E-state index contributed by atoms with van der Waals surface area (Å²) >= 11 is 3.28. The molecule has 1 unspecified atom stereocenters. The van der Waals surface area contributed by atoms with Crippen LogP contribution in [0.25, 0.3) is 0 Å². The molecule has 0 radical (unpaired) electrons. The Morgan fingerprint density at radius 2 is 1.81 bits per heavy atom. The lowest BCUT2D eigenvalue weighted by atomic mass is 10.1. The number of carbonyl (C=O) groups is 1. The second-order valence-electron chi connectivity index (χ2n) is 6.32. The van der Waals surface area contributed by atoms with E-state index in [4.69, 9.17) is 4.74 Å². The van der Waals surface area contributed by atoms with Crippen LogP contribution in [-0.4, -0.2) is 33.6 Å². The Hall–Kier alpha value is -1.74. The Morgan fingerprint density at radius 3 is 2.44 bits per heavy atom. The van der Waals surface area contributed by atoms with Gasteiger partial charge in [0.1, 0.15) is 0 Å². The van der Waals surface area contributed by atoms with Crippen LogP contribution in [-0.2, 0) is 21.3 Å². The van der Waals surface area contributed by atoms with Crippen molar-refractivity contribution >= 4 is 31.9 Å². The van der Waals surface area contributed by atoms with Gasteiger partial charge in [-0.25, -0.2) is 13.1 Å². The number of carbonyl (C=O) groups excluding carboxylic acids is 1. The molecule has 0 saturated carbocycles. The Labute approximate surface area is 167 Å². The Bertz CT molecular complexity index is 877. The predicted octanol–water partition coefficient (Wildman–Crippen LogP) is 2.84. The van der Waals surface area contributed by atoms with Crippen LogP contribution < -0.4 is 10.0 Å². The summed E-state index contributed by atoms with van der Waals surface area (Å²) < 4.78 is 33.5. The largest absolute Gasteiger partial charge is 0.376 e. The molecule has 8 heteroatoms. The normalized spacial score (nSPS) is 17.0. The van der Waals surface area contributed by atoms with E-state index in [-0.39, 0.29) is 23.5 Å². The van der Waals surface area contributed by atoms with Gasteiger partial charge in [-0.15, -0.1) is 0 Å². The average Bonchev–Trinajstić information content (AvgIpc) is 3.19. The van der Waals surface area contributed by atoms with Crippen molar-refractivity contribution in [2.45, 2.75) is 30.4 Å². The van der Waals surface area contributed by atoms with Gasteiger partial charge in [-0.2, -0.15) is 0 Å². The van der Waals surface area contributed by atoms with Crippen molar-refractivity contribution in [2.75, 3.05) is 13.2 Å². The highest BCUT2D eigenvalue weighted by molar-refractivity contribution is 9.10. The summed E-state index contributed by atoms with van der Waals surface area (Å²) in [7, 11) is -3.58. The van der Waals surface area contributed by atoms with Gasteiger partial charge in [0, 0.05) is 29.7 Å². The molecule has 6 nitrogen and oxygen atoms in total. The number of rotatable bonds is 7. The fourth-order valence-electron chi connectivity index (χ4n) is 2.76. The molecule has 0 aliphatic carbocycles. The summed E-state index contributed by atoms with van der Waals surface area (Å²) in [6.07, 6.45) is 2.10. The van der Waals surface area contributed by atoms with E-state index in [0.29, 0.717) is 12.1 Å². The molecule has 1 aliphatic heterocycles. The zero-order valence-electron chi connectivity index (χ0n) is 14.7. The maximum Gasteiger partial charge on any atom is 0.251 e. The van der Waals surface area contributed by atoms with Gasteiger partial charge >= 0.3 is 0 Å². The van der Waals surface area contributed by atoms with Crippen LogP contribution in [0.15, 0.2) is 57.9 Å². The molecule has 1 aliphatic rings. The fraction of sp³-hybridized carbons (Fsp3) is 0.316. The van der Waals surface area contributed by atoms with Crippen LogP contribution in [0.1, 0.15) is 28.8 Å². The SMILES string of the molecule is O=C(NCC1CCCO1)c1ccc(CNS(=O)(=O)c2ccc(Br)cc2)cc1. The van der Waals surface area contributed by atoms with Crippen molar-refractivity contribution in [3.8, 4) is 0 Å². The number of hydrogen-bond donors (Lipinski definition) is 2. The number of halogens is 1. The predicted molar refractivity (Wildman–Crippen MR) is 106 cm³/mol. The smallest absolute Gasteiger partial charge is 0.251 e. The number of benzene rings is 2. The van der Waals surface area contributed by atoms with E-state index in [1.54, 1.807) is 36.4 Å². The van der Waals surface area contributed by atoms with Crippen molar-refractivity contribution in [1.29, 1.82) is 0 Å². The Morgan fingerprint density at radius 1 is 1.11 bits per heavy atom. The van der Waals surface area contributed by atoms with Crippen LogP contribution in [0.2, 0.25) is 0 Å². The highest BCUT2D eigenvalue weighted by Gasteiger charge is 2.17. The van der Waals surface area contributed by atoms with E-state index < -0.39 is 10.0 Å². The molecule has 0 spiro atoms. The fourth-order valence-corrected chi connectivity index (χ4v) is 4.05. The maximum absolute atomic E-state index is 12.3. The molecule has 3 rings (SSSR count). The molecule has 1 atom stereocenters. The summed E-state index contributed by atoms with van der Waals surface area (Å²) in [6, 6.07) is 13.3. The van der Waals surface area contributed by atoms with Gasteiger partial charge in [-0.3, -0.25) is 4.79 Å². The lowest BCUT2D eigenvalue weighted by molar-refractivity contribution is 0.0858. The van der Waals surface area contributed by atoms with E-state index >= 15 is 0 Å². The van der Waals surface area contributed by atoms with Crippen LogP contribution in [0, 0.1) is 0 Å². The van der Waals surface area contributed by atoms with E-state index in [1.165, 1.54) is 12.1 Å². The highest BCUT2D eigenvalue weighted by Crippen LogP contribution is 2.15. The van der Waals surface area contributed by atoms with Gasteiger partial charge in [0.25, 0.3) is 5.91 Å². The number of amides is 1. The summed E-state index contributed by atoms with van der Waals surface area (Å²) in [6.45, 7) is 1.41. The Balaban J connectivity index is 1.54. The molecule has 1 amide bonds. The minimum Gasteiger partial charge on any atom is -0.376 e. The molecule has 144 valence electrons. The van der Waals surface area contributed by atoms with Gasteiger partial charge in [-0.1, -0.05) is 28.1 Å². The zero-order valence-corrected chi connectivity index (χ0v) is 17.1. The lowest BCUT2D eigenvalue weighted by Crippen LogP contribution is -2.31. The molecule has 0 bridgehead atoms. The monoisotopic (exact) mass is 452 g/mol. The molecule has 0 aromatic heterocycles. The van der Waals surface area contributed by atoms with Crippen LogP contribution in [0.4, 0.5) is 0 Å². The summed E-state index contributed by atoms with van der Waals surface area (Å²) in [4.78, 5) is 12.4. The van der Waals surface area contributed by atoms with E-state index in [9.17, 15) is 13.2 Å². The van der Waals surface area contributed by atoms with Crippen LogP contribution in [0.3, 0.4) is 0 Å². The van der Waals surface area contributed by atoms with Crippen molar-refractivity contribution in [3.63, 3.8) is 0 Å². The molecule has 1 fully saturated rings. The second kappa shape index (κ2) is 8.97. The number of sulfonamides is 1. The molecular weight excluding hydrogens is 432 g/mol. The molecule has 27 heavy (non-hydrogen) atoms.